The lowest BCUT2D eigenvalue weighted by Crippen LogP contribution is -2.43. The summed E-state index contributed by atoms with van der Waals surface area (Å²) in [5.41, 5.74) is 1.99. The van der Waals surface area contributed by atoms with Crippen LogP contribution < -0.4 is 5.32 Å². The maximum Gasteiger partial charge on any atom is 0.241 e. The van der Waals surface area contributed by atoms with Crippen molar-refractivity contribution in [3.63, 3.8) is 0 Å². The first-order valence-electron chi connectivity index (χ1n) is 7.58. The predicted octanol–water partition coefficient (Wildman–Crippen LogP) is 1.49. The monoisotopic (exact) mass is 278 g/mol. The SMILES string of the molecule is Cc1cc(C)n(CC(=O)NCCN2CCCCC2C)n1. The molecule has 5 heteroatoms. The van der Waals surface area contributed by atoms with E-state index in [0.29, 0.717) is 12.6 Å². The number of nitrogens with zero attached hydrogens (tertiary/aromatic N) is 3. The molecule has 1 aliphatic rings. The van der Waals surface area contributed by atoms with Crippen molar-refractivity contribution in [3.8, 4) is 0 Å². The van der Waals surface area contributed by atoms with E-state index in [9.17, 15) is 4.79 Å². The molecule has 1 aromatic heterocycles. The van der Waals surface area contributed by atoms with E-state index in [4.69, 9.17) is 0 Å². The van der Waals surface area contributed by atoms with Crippen LogP contribution >= 0.6 is 0 Å². The van der Waals surface area contributed by atoms with Crippen LogP contribution in [0.1, 0.15) is 37.6 Å². The molecule has 0 spiro atoms. The molecule has 112 valence electrons. The molecule has 2 rings (SSSR count). The largest absolute Gasteiger partial charge is 0.353 e. The van der Waals surface area contributed by atoms with Gasteiger partial charge in [-0.05, 0) is 46.2 Å². The third-order valence-electron chi connectivity index (χ3n) is 4.06. The topological polar surface area (TPSA) is 50.2 Å². The van der Waals surface area contributed by atoms with Gasteiger partial charge in [0, 0.05) is 24.8 Å². The van der Waals surface area contributed by atoms with Crippen molar-refractivity contribution in [2.75, 3.05) is 19.6 Å². The molecule has 2 heterocycles. The minimum absolute atomic E-state index is 0.0425. The second kappa shape index (κ2) is 6.88. The van der Waals surface area contributed by atoms with Gasteiger partial charge in [-0.1, -0.05) is 6.42 Å². The predicted molar refractivity (Wildman–Crippen MR) is 79.6 cm³/mol. The van der Waals surface area contributed by atoms with Crippen LogP contribution in [-0.2, 0) is 11.3 Å². The van der Waals surface area contributed by atoms with Crippen LogP contribution in [0.4, 0.5) is 0 Å². The lowest BCUT2D eigenvalue weighted by atomic mass is 10.0. The summed E-state index contributed by atoms with van der Waals surface area (Å²) in [5.74, 6) is 0.0425. The number of hydrogen-bond donors (Lipinski definition) is 1. The van der Waals surface area contributed by atoms with Crippen LogP contribution in [0, 0.1) is 13.8 Å². The molecule has 1 atom stereocenters. The molecule has 1 amide bonds. The standard InChI is InChI=1S/C15H26N4O/c1-12-10-14(3)19(17-12)11-15(20)16-7-9-18-8-5-4-6-13(18)2/h10,13H,4-9,11H2,1-3H3,(H,16,20). The van der Waals surface area contributed by atoms with Gasteiger partial charge >= 0.3 is 0 Å². The lowest BCUT2D eigenvalue weighted by molar-refractivity contribution is -0.121. The number of piperidine rings is 1. The number of nitrogens with one attached hydrogen (secondary N) is 1. The third kappa shape index (κ3) is 4.07. The van der Waals surface area contributed by atoms with Gasteiger partial charge in [-0.3, -0.25) is 14.4 Å². The van der Waals surface area contributed by atoms with Gasteiger partial charge in [0.05, 0.1) is 5.69 Å². The first-order chi connectivity index (χ1) is 9.56. The maximum atomic E-state index is 11.9. The highest BCUT2D eigenvalue weighted by Crippen LogP contribution is 2.15. The highest BCUT2D eigenvalue weighted by Gasteiger charge is 2.17. The van der Waals surface area contributed by atoms with Crippen molar-refractivity contribution in [1.82, 2.24) is 20.0 Å². The number of aryl methyl sites for hydroxylation is 2. The van der Waals surface area contributed by atoms with E-state index in [1.807, 2.05) is 19.9 Å². The van der Waals surface area contributed by atoms with Crippen LogP contribution in [-0.4, -0.2) is 46.3 Å². The Bertz CT molecular complexity index is 455. The van der Waals surface area contributed by atoms with Gasteiger partial charge in [-0.15, -0.1) is 0 Å². The number of likely N-dealkylation sites (tertiary alicyclic amines) is 1. The van der Waals surface area contributed by atoms with Crippen molar-refractivity contribution < 1.29 is 4.79 Å². The minimum Gasteiger partial charge on any atom is -0.353 e. The molecule has 0 aliphatic carbocycles. The Morgan fingerprint density at radius 3 is 2.90 bits per heavy atom. The normalized spacial score (nSPS) is 20.1. The summed E-state index contributed by atoms with van der Waals surface area (Å²) < 4.78 is 1.76. The molecule has 1 aromatic rings. The Labute approximate surface area is 121 Å². The van der Waals surface area contributed by atoms with Crippen LogP contribution in [0.2, 0.25) is 0 Å². The van der Waals surface area contributed by atoms with E-state index in [-0.39, 0.29) is 5.91 Å². The summed E-state index contributed by atoms with van der Waals surface area (Å²) >= 11 is 0. The zero-order valence-corrected chi connectivity index (χ0v) is 12.9. The zero-order chi connectivity index (χ0) is 14.5. The summed E-state index contributed by atoms with van der Waals surface area (Å²) in [5, 5.41) is 7.30. The van der Waals surface area contributed by atoms with Crippen molar-refractivity contribution >= 4 is 5.91 Å². The molecule has 1 aliphatic heterocycles. The molecular formula is C15H26N4O. The van der Waals surface area contributed by atoms with E-state index in [1.165, 1.54) is 19.3 Å². The zero-order valence-electron chi connectivity index (χ0n) is 12.9. The second-order valence-corrected chi connectivity index (χ2v) is 5.82. The fourth-order valence-corrected chi connectivity index (χ4v) is 2.86. The number of aromatic nitrogens is 2. The van der Waals surface area contributed by atoms with Crippen molar-refractivity contribution in [3.05, 3.63) is 17.5 Å². The highest BCUT2D eigenvalue weighted by molar-refractivity contribution is 5.75. The van der Waals surface area contributed by atoms with Gasteiger partial charge in [0.15, 0.2) is 0 Å². The number of amides is 1. The van der Waals surface area contributed by atoms with E-state index in [0.717, 1.165) is 31.0 Å². The van der Waals surface area contributed by atoms with Crippen LogP contribution in [0.3, 0.4) is 0 Å². The number of hydrogen-bond acceptors (Lipinski definition) is 3. The molecular weight excluding hydrogens is 252 g/mol. The molecule has 1 N–H and O–H groups in total. The molecule has 1 fully saturated rings. The summed E-state index contributed by atoms with van der Waals surface area (Å²) in [6, 6.07) is 2.64. The van der Waals surface area contributed by atoms with Gasteiger partial charge in [0.1, 0.15) is 6.54 Å². The molecule has 0 radical (unpaired) electrons. The van der Waals surface area contributed by atoms with E-state index in [2.05, 4.69) is 22.2 Å². The molecule has 20 heavy (non-hydrogen) atoms. The molecule has 0 saturated carbocycles. The molecule has 0 aromatic carbocycles. The smallest absolute Gasteiger partial charge is 0.241 e. The van der Waals surface area contributed by atoms with Gasteiger partial charge < -0.3 is 5.32 Å². The number of rotatable bonds is 5. The Morgan fingerprint density at radius 1 is 1.45 bits per heavy atom. The summed E-state index contributed by atoms with van der Waals surface area (Å²) in [6.45, 7) is 9.34. The summed E-state index contributed by atoms with van der Waals surface area (Å²) in [6.07, 6.45) is 3.89. The second-order valence-electron chi connectivity index (χ2n) is 5.82. The number of carbonyl (C=O) groups excluding carboxylic acids is 1. The quantitative estimate of drug-likeness (QED) is 0.888. The highest BCUT2D eigenvalue weighted by atomic mass is 16.2. The maximum absolute atomic E-state index is 11.9. The fraction of sp³-hybridized carbons (Fsp3) is 0.733. The fourth-order valence-electron chi connectivity index (χ4n) is 2.86. The Hall–Kier alpha value is -1.36. The summed E-state index contributed by atoms with van der Waals surface area (Å²) in [7, 11) is 0. The molecule has 1 unspecified atom stereocenters. The first-order valence-corrected chi connectivity index (χ1v) is 7.58. The Kier molecular flexibility index (Phi) is 5.17. The summed E-state index contributed by atoms with van der Waals surface area (Å²) in [4.78, 5) is 14.4. The van der Waals surface area contributed by atoms with Gasteiger partial charge in [-0.25, -0.2) is 0 Å². The van der Waals surface area contributed by atoms with Crippen molar-refractivity contribution in [1.29, 1.82) is 0 Å². The van der Waals surface area contributed by atoms with Crippen molar-refractivity contribution in [2.45, 2.75) is 52.6 Å². The van der Waals surface area contributed by atoms with Gasteiger partial charge in [0.2, 0.25) is 5.91 Å². The minimum atomic E-state index is 0.0425. The van der Waals surface area contributed by atoms with E-state index < -0.39 is 0 Å². The Morgan fingerprint density at radius 2 is 2.25 bits per heavy atom. The van der Waals surface area contributed by atoms with Crippen molar-refractivity contribution in [2.24, 2.45) is 0 Å². The van der Waals surface area contributed by atoms with Crippen LogP contribution in [0.25, 0.3) is 0 Å². The average molecular weight is 278 g/mol. The molecule has 5 nitrogen and oxygen atoms in total. The average Bonchev–Trinajstić information content (AvgIpc) is 2.70. The molecule has 0 bridgehead atoms. The van der Waals surface area contributed by atoms with Gasteiger partial charge in [0.25, 0.3) is 0 Å². The van der Waals surface area contributed by atoms with E-state index in [1.54, 1.807) is 4.68 Å². The van der Waals surface area contributed by atoms with E-state index >= 15 is 0 Å². The Balaban J connectivity index is 1.71. The van der Waals surface area contributed by atoms with Crippen LogP contribution in [0.5, 0.6) is 0 Å². The lowest BCUT2D eigenvalue weighted by Gasteiger charge is -2.33. The third-order valence-corrected chi connectivity index (χ3v) is 4.06. The first kappa shape index (κ1) is 15.0. The number of carbonyl (C=O) groups is 1. The molecule has 1 saturated heterocycles. The van der Waals surface area contributed by atoms with Gasteiger partial charge in [-0.2, -0.15) is 5.10 Å². The van der Waals surface area contributed by atoms with Crippen LogP contribution in [0.15, 0.2) is 6.07 Å².